The van der Waals surface area contributed by atoms with Crippen molar-refractivity contribution in [1.82, 2.24) is 0 Å². The molecule has 0 saturated heterocycles. The summed E-state index contributed by atoms with van der Waals surface area (Å²) in [4.78, 5) is 23.9. The van der Waals surface area contributed by atoms with Crippen LogP contribution in [0.1, 0.15) is 53.4 Å². The molecule has 2 atom stereocenters. The van der Waals surface area contributed by atoms with Gasteiger partial charge < -0.3 is 16.6 Å². The van der Waals surface area contributed by atoms with Gasteiger partial charge in [0.25, 0.3) is 0 Å². The van der Waals surface area contributed by atoms with Gasteiger partial charge in [-0.05, 0) is 50.9 Å². The number of carbonyl (C=O) groups excluding carboxylic acids is 2. The molecule has 5 N–H and O–H groups in total. The molecular weight excluding hydrogens is 256 g/mol. The van der Waals surface area contributed by atoms with E-state index >= 15 is 0 Å². The number of nitrogens with two attached hydrogens (primary N) is 2. The zero-order chi connectivity index (χ0) is 15.7. The van der Waals surface area contributed by atoms with Gasteiger partial charge in [0.2, 0.25) is 11.8 Å². The van der Waals surface area contributed by atoms with Crippen LogP contribution in [0.2, 0.25) is 0 Å². The molecule has 1 unspecified atom stereocenters. The predicted octanol–water partition coefficient (Wildman–Crippen LogP) is 1.18. The van der Waals surface area contributed by atoms with Crippen molar-refractivity contribution < 1.29 is 14.7 Å². The first-order valence-corrected chi connectivity index (χ1v) is 7.35. The Balaban J connectivity index is 3.23. The minimum Gasteiger partial charge on any atom is -0.390 e. The molecule has 5 nitrogen and oxygen atoms in total. The topological polar surface area (TPSA) is 106 Å². The molecule has 0 radical (unpaired) electrons. The summed E-state index contributed by atoms with van der Waals surface area (Å²) in [6.45, 7) is 7.57. The van der Waals surface area contributed by atoms with Gasteiger partial charge in [-0.2, -0.15) is 0 Å². The highest BCUT2D eigenvalue weighted by molar-refractivity contribution is 6.04. The van der Waals surface area contributed by atoms with Gasteiger partial charge in [0.05, 0.1) is 5.60 Å². The molecule has 0 aromatic rings. The van der Waals surface area contributed by atoms with Crippen LogP contribution in [0, 0.1) is 23.2 Å². The third-order valence-corrected chi connectivity index (χ3v) is 4.72. The lowest BCUT2D eigenvalue weighted by Gasteiger charge is -2.41. The molecule has 1 saturated carbocycles. The third-order valence-electron chi connectivity index (χ3n) is 4.72. The van der Waals surface area contributed by atoms with Gasteiger partial charge in [0.15, 0.2) is 0 Å². The fourth-order valence-electron chi connectivity index (χ4n) is 3.76. The summed E-state index contributed by atoms with van der Waals surface area (Å²) in [7, 11) is 0. The van der Waals surface area contributed by atoms with E-state index in [1.54, 1.807) is 13.8 Å². The Labute approximate surface area is 121 Å². The maximum Gasteiger partial charge on any atom is 0.233 e. The van der Waals surface area contributed by atoms with E-state index in [0.717, 1.165) is 12.8 Å². The number of primary amides is 2. The first kappa shape index (κ1) is 17.0. The molecule has 116 valence electrons. The second kappa shape index (κ2) is 5.72. The summed E-state index contributed by atoms with van der Waals surface area (Å²) in [5.74, 6) is -1.40. The summed E-state index contributed by atoms with van der Waals surface area (Å²) in [6, 6.07) is 0. The normalized spacial score (nSPS) is 23.8. The van der Waals surface area contributed by atoms with E-state index in [0.29, 0.717) is 18.8 Å². The van der Waals surface area contributed by atoms with Gasteiger partial charge in [0.1, 0.15) is 5.41 Å². The number of rotatable bonds is 6. The van der Waals surface area contributed by atoms with Crippen molar-refractivity contribution in [2.24, 2.45) is 34.6 Å². The van der Waals surface area contributed by atoms with E-state index < -0.39 is 22.8 Å². The molecule has 0 heterocycles. The molecule has 1 aliphatic carbocycles. The van der Waals surface area contributed by atoms with Crippen LogP contribution in [0.15, 0.2) is 0 Å². The molecule has 0 aromatic heterocycles. The number of hydrogen-bond donors (Lipinski definition) is 3. The molecule has 0 spiro atoms. The van der Waals surface area contributed by atoms with Crippen LogP contribution < -0.4 is 11.5 Å². The van der Waals surface area contributed by atoms with Crippen LogP contribution in [-0.2, 0) is 9.59 Å². The van der Waals surface area contributed by atoms with Crippen LogP contribution in [0.25, 0.3) is 0 Å². The standard InChI is InChI=1S/C15H28N2O3/c1-9(2)8-11(14(3,4)20)10-6-5-7-15(10,12(16)18)13(17)19/h9-11,20H,5-8H2,1-4H3,(H2,16,18)(H2,17,19)/t10?,11-/m1/s1. The summed E-state index contributed by atoms with van der Waals surface area (Å²) in [6.07, 6.45) is 2.57. The average Bonchev–Trinajstić information content (AvgIpc) is 2.68. The smallest absolute Gasteiger partial charge is 0.233 e. The zero-order valence-electron chi connectivity index (χ0n) is 13.0. The van der Waals surface area contributed by atoms with E-state index in [1.807, 2.05) is 0 Å². The second-order valence-corrected chi connectivity index (χ2v) is 7.09. The first-order valence-electron chi connectivity index (χ1n) is 7.35. The maximum atomic E-state index is 11.9. The van der Waals surface area contributed by atoms with Crippen molar-refractivity contribution in [2.45, 2.75) is 59.0 Å². The number of hydrogen-bond acceptors (Lipinski definition) is 3. The maximum absolute atomic E-state index is 11.9. The third kappa shape index (κ3) is 2.97. The van der Waals surface area contributed by atoms with Crippen LogP contribution in [0.3, 0.4) is 0 Å². The van der Waals surface area contributed by atoms with Crippen molar-refractivity contribution in [3.05, 3.63) is 0 Å². The Hall–Kier alpha value is -1.10. The van der Waals surface area contributed by atoms with Crippen molar-refractivity contribution in [3.8, 4) is 0 Å². The molecule has 0 aliphatic heterocycles. The SMILES string of the molecule is CC(C)C[C@H](C1CCCC1(C(N)=O)C(N)=O)C(C)(C)O. The van der Waals surface area contributed by atoms with Crippen molar-refractivity contribution in [2.75, 3.05) is 0 Å². The molecule has 1 fully saturated rings. The average molecular weight is 284 g/mol. The van der Waals surface area contributed by atoms with Crippen LogP contribution in [0.4, 0.5) is 0 Å². The summed E-state index contributed by atoms with van der Waals surface area (Å²) < 4.78 is 0. The van der Waals surface area contributed by atoms with E-state index in [4.69, 9.17) is 11.5 Å². The number of aliphatic hydroxyl groups is 1. The molecular formula is C15H28N2O3. The Morgan fingerprint density at radius 2 is 1.80 bits per heavy atom. The number of amides is 2. The fraction of sp³-hybridized carbons (Fsp3) is 0.867. The van der Waals surface area contributed by atoms with Gasteiger partial charge in [-0.1, -0.05) is 20.3 Å². The summed E-state index contributed by atoms with van der Waals surface area (Å²) >= 11 is 0. The van der Waals surface area contributed by atoms with Gasteiger partial charge in [0, 0.05) is 0 Å². The predicted molar refractivity (Wildman–Crippen MR) is 77.4 cm³/mol. The lowest BCUT2D eigenvalue weighted by molar-refractivity contribution is -0.147. The van der Waals surface area contributed by atoms with Crippen LogP contribution in [-0.4, -0.2) is 22.5 Å². The summed E-state index contributed by atoms with van der Waals surface area (Å²) in [5, 5.41) is 10.5. The van der Waals surface area contributed by atoms with Crippen LogP contribution >= 0.6 is 0 Å². The van der Waals surface area contributed by atoms with Gasteiger partial charge in [-0.3, -0.25) is 9.59 Å². The van der Waals surface area contributed by atoms with Gasteiger partial charge in [-0.15, -0.1) is 0 Å². The Kier molecular flexibility index (Phi) is 4.85. The first-order chi connectivity index (χ1) is 9.03. The highest BCUT2D eigenvalue weighted by Crippen LogP contribution is 2.51. The van der Waals surface area contributed by atoms with Crippen LogP contribution in [0.5, 0.6) is 0 Å². The highest BCUT2D eigenvalue weighted by atomic mass is 16.3. The summed E-state index contributed by atoms with van der Waals surface area (Å²) in [5.41, 5.74) is 8.75. The molecule has 0 aromatic carbocycles. The lowest BCUT2D eigenvalue weighted by Crippen LogP contribution is -2.54. The van der Waals surface area contributed by atoms with E-state index in [-0.39, 0.29) is 11.8 Å². The Morgan fingerprint density at radius 3 is 2.15 bits per heavy atom. The Bertz CT molecular complexity index is 371. The fourth-order valence-corrected chi connectivity index (χ4v) is 3.76. The monoisotopic (exact) mass is 284 g/mol. The number of carbonyl (C=O) groups is 2. The van der Waals surface area contributed by atoms with Gasteiger partial charge >= 0.3 is 0 Å². The zero-order valence-corrected chi connectivity index (χ0v) is 13.0. The highest BCUT2D eigenvalue weighted by Gasteiger charge is 2.57. The Morgan fingerprint density at radius 1 is 1.30 bits per heavy atom. The van der Waals surface area contributed by atoms with Crippen molar-refractivity contribution in [1.29, 1.82) is 0 Å². The van der Waals surface area contributed by atoms with Crippen molar-refractivity contribution >= 4 is 11.8 Å². The minimum atomic E-state index is -1.31. The molecule has 20 heavy (non-hydrogen) atoms. The van der Waals surface area contributed by atoms with Crippen molar-refractivity contribution in [3.63, 3.8) is 0 Å². The minimum absolute atomic E-state index is 0.176. The van der Waals surface area contributed by atoms with E-state index in [1.165, 1.54) is 0 Å². The molecule has 0 bridgehead atoms. The van der Waals surface area contributed by atoms with E-state index in [2.05, 4.69) is 13.8 Å². The van der Waals surface area contributed by atoms with E-state index in [9.17, 15) is 14.7 Å². The lowest BCUT2D eigenvalue weighted by atomic mass is 9.64. The second-order valence-electron chi connectivity index (χ2n) is 7.09. The molecule has 5 heteroatoms. The molecule has 2 amide bonds. The molecule has 1 rings (SSSR count). The van der Waals surface area contributed by atoms with Gasteiger partial charge in [-0.25, -0.2) is 0 Å². The quantitative estimate of drug-likeness (QED) is 0.637. The largest absolute Gasteiger partial charge is 0.390 e. The molecule has 1 aliphatic rings.